The van der Waals surface area contributed by atoms with Crippen molar-refractivity contribution in [3.05, 3.63) is 0 Å². The zero-order chi connectivity index (χ0) is 13.6. The van der Waals surface area contributed by atoms with E-state index in [9.17, 15) is 18.0 Å². The summed E-state index contributed by atoms with van der Waals surface area (Å²) in [5.74, 6) is -0.0660. The first kappa shape index (κ1) is 15.2. The van der Waals surface area contributed by atoms with E-state index in [0.717, 1.165) is 0 Å². The molecule has 1 atom stereocenters. The average Bonchev–Trinajstić information content (AvgIpc) is 2.68. The minimum absolute atomic E-state index is 0.0315. The molecule has 0 aromatic rings. The van der Waals surface area contributed by atoms with Gasteiger partial charge in [-0.05, 0) is 25.3 Å². The number of hydrogen-bond acceptors (Lipinski definition) is 3. The van der Waals surface area contributed by atoms with Gasteiger partial charge in [0.1, 0.15) is 0 Å². The lowest BCUT2D eigenvalue weighted by atomic mass is 10.1. The molecule has 1 saturated heterocycles. The summed E-state index contributed by atoms with van der Waals surface area (Å²) in [4.78, 5) is 12.6. The molecule has 0 spiro atoms. The molecule has 1 rings (SSSR count). The Labute approximate surface area is 104 Å². The number of amides is 1. The van der Waals surface area contributed by atoms with Gasteiger partial charge in [-0.3, -0.25) is 9.69 Å². The molecule has 1 fully saturated rings. The summed E-state index contributed by atoms with van der Waals surface area (Å²) in [5.41, 5.74) is 0. The molecule has 0 aromatic heterocycles. The zero-order valence-electron chi connectivity index (χ0n) is 10.2. The molecule has 106 valence electrons. The maximum atomic E-state index is 12.2. The molecule has 1 unspecified atom stereocenters. The summed E-state index contributed by atoms with van der Waals surface area (Å²) in [6.45, 7) is 0.313. The Bertz CT molecular complexity index is 272. The second-order valence-corrected chi connectivity index (χ2v) is 4.64. The van der Waals surface area contributed by atoms with E-state index in [0.29, 0.717) is 32.5 Å². The van der Waals surface area contributed by atoms with Gasteiger partial charge in [-0.2, -0.15) is 13.2 Å². The molecular formula is C11H19F3N2O2. The molecule has 0 aromatic carbocycles. The largest absolute Gasteiger partial charge is 0.401 e. The first-order chi connectivity index (χ1) is 8.40. The third-order valence-electron chi connectivity index (χ3n) is 2.92. The van der Waals surface area contributed by atoms with Crippen LogP contribution in [0.25, 0.3) is 0 Å². The van der Waals surface area contributed by atoms with E-state index in [4.69, 9.17) is 5.11 Å². The van der Waals surface area contributed by atoms with E-state index in [1.807, 2.05) is 0 Å². The summed E-state index contributed by atoms with van der Waals surface area (Å²) in [5, 5.41) is 11.2. The topological polar surface area (TPSA) is 52.6 Å². The van der Waals surface area contributed by atoms with E-state index in [-0.39, 0.29) is 24.9 Å². The van der Waals surface area contributed by atoms with Gasteiger partial charge in [0.05, 0.1) is 6.54 Å². The van der Waals surface area contributed by atoms with E-state index >= 15 is 0 Å². The number of nitrogens with zero attached hydrogens (tertiary/aromatic N) is 1. The number of halogens is 3. The Hall–Kier alpha value is -0.820. The number of aliphatic hydroxyl groups excluding tert-OH is 1. The molecule has 1 aliphatic rings. The SMILES string of the molecule is O=C(CCCO)NCC1CCN(CC(F)(F)F)C1. The molecule has 0 saturated carbocycles. The van der Waals surface area contributed by atoms with Crippen LogP contribution in [0.4, 0.5) is 13.2 Å². The minimum Gasteiger partial charge on any atom is -0.396 e. The van der Waals surface area contributed by atoms with Crippen molar-refractivity contribution in [2.75, 3.05) is 32.8 Å². The number of nitrogens with one attached hydrogen (secondary N) is 1. The van der Waals surface area contributed by atoms with Crippen molar-refractivity contribution in [3.63, 3.8) is 0 Å². The van der Waals surface area contributed by atoms with Gasteiger partial charge in [-0.25, -0.2) is 0 Å². The van der Waals surface area contributed by atoms with Gasteiger partial charge in [0.15, 0.2) is 0 Å². The van der Waals surface area contributed by atoms with Crippen molar-refractivity contribution in [1.29, 1.82) is 0 Å². The van der Waals surface area contributed by atoms with Crippen LogP contribution in [0, 0.1) is 5.92 Å². The van der Waals surface area contributed by atoms with Crippen LogP contribution in [0.1, 0.15) is 19.3 Å². The lowest BCUT2D eigenvalue weighted by Gasteiger charge is -2.18. The monoisotopic (exact) mass is 268 g/mol. The maximum Gasteiger partial charge on any atom is 0.401 e. The highest BCUT2D eigenvalue weighted by Gasteiger charge is 2.34. The number of carbonyl (C=O) groups is 1. The van der Waals surface area contributed by atoms with Crippen LogP contribution in [0.2, 0.25) is 0 Å². The third-order valence-corrected chi connectivity index (χ3v) is 2.92. The summed E-state index contributed by atoms with van der Waals surface area (Å²) in [7, 11) is 0. The van der Waals surface area contributed by atoms with Crippen molar-refractivity contribution in [1.82, 2.24) is 10.2 Å². The first-order valence-electron chi connectivity index (χ1n) is 6.07. The second kappa shape index (κ2) is 6.94. The molecule has 2 N–H and O–H groups in total. The van der Waals surface area contributed by atoms with Gasteiger partial charge in [-0.1, -0.05) is 0 Å². The second-order valence-electron chi connectivity index (χ2n) is 4.64. The average molecular weight is 268 g/mol. The fourth-order valence-corrected chi connectivity index (χ4v) is 2.06. The highest BCUT2D eigenvalue weighted by atomic mass is 19.4. The molecule has 1 amide bonds. The standard InChI is InChI=1S/C11H19F3N2O2/c12-11(13,14)8-16-4-3-9(7-16)6-15-10(18)2-1-5-17/h9,17H,1-8H2,(H,15,18). The number of alkyl halides is 3. The van der Waals surface area contributed by atoms with Crippen LogP contribution < -0.4 is 5.32 Å². The van der Waals surface area contributed by atoms with Crippen LogP contribution in [-0.4, -0.2) is 54.9 Å². The molecular weight excluding hydrogens is 249 g/mol. The summed E-state index contributed by atoms with van der Waals surface area (Å²) in [6.07, 6.45) is -2.80. The van der Waals surface area contributed by atoms with Gasteiger partial charge in [0.2, 0.25) is 5.91 Å². The highest BCUT2D eigenvalue weighted by molar-refractivity contribution is 5.75. The molecule has 0 bridgehead atoms. The zero-order valence-corrected chi connectivity index (χ0v) is 10.2. The lowest BCUT2D eigenvalue weighted by molar-refractivity contribution is -0.143. The number of aliphatic hydroxyl groups is 1. The maximum absolute atomic E-state index is 12.2. The van der Waals surface area contributed by atoms with Crippen molar-refractivity contribution in [2.45, 2.75) is 25.4 Å². The van der Waals surface area contributed by atoms with Crippen molar-refractivity contribution < 1.29 is 23.1 Å². The highest BCUT2D eigenvalue weighted by Crippen LogP contribution is 2.22. The van der Waals surface area contributed by atoms with Crippen molar-refractivity contribution in [3.8, 4) is 0 Å². The van der Waals surface area contributed by atoms with E-state index in [1.54, 1.807) is 0 Å². The molecule has 7 heteroatoms. The summed E-state index contributed by atoms with van der Waals surface area (Å²) in [6, 6.07) is 0. The van der Waals surface area contributed by atoms with Gasteiger partial charge in [-0.15, -0.1) is 0 Å². The molecule has 18 heavy (non-hydrogen) atoms. The Morgan fingerprint density at radius 1 is 1.44 bits per heavy atom. The molecule has 0 aliphatic carbocycles. The predicted octanol–water partition coefficient (Wildman–Crippen LogP) is 0.759. The number of likely N-dealkylation sites (tertiary alicyclic amines) is 1. The Morgan fingerprint density at radius 3 is 2.78 bits per heavy atom. The Morgan fingerprint density at radius 2 is 2.17 bits per heavy atom. The van der Waals surface area contributed by atoms with Crippen LogP contribution >= 0.6 is 0 Å². The molecule has 0 radical (unpaired) electrons. The van der Waals surface area contributed by atoms with Crippen LogP contribution in [0.15, 0.2) is 0 Å². The quantitative estimate of drug-likeness (QED) is 0.748. The predicted molar refractivity (Wildman–Crippen MR) is 59.9 cm³/mol. The summed E-state index contributed by atoms with van der Waals surface area (Å²) >= 11 is 0. The van der Waals surface area contributed by atoms with E-state index in [1.165, 1.54) is 4.90 Å². The van der Waals surface area contributed by atoms with Gasteiger partial charge in [0, 0.05) is 26.1 Å². The fraction of sp³-hybridized carbons (Fsp3) is 0.909. The normalized spacial score (nSPS) is 21.2. The van der Waals surface area contributed by atoms with Crippen molar-refractivity contribution >= 4 is 5.91 Å². The number of rotatable bonds is 6. The molecule has 4 nitrogen and oxygen atoms in total. The van der Waals surface area contributed by atoms with Crippen LogP contribution in [0.3, 0.4) is 0 Å². The van der Waals surface area contributed by atoms with Crippen molar-refractivity contribution in [2.24, 2.45) is 5.92 Å². The molecule has 1 aliphatic heterocycles. The Kier molecular flexibility index (Phi) is 5.87. The van der Waals surface area contributed by atoms with E-state index < -0.39 is 12.7 Å². The molecule has 1 heterocycles. The van der Waals surface area contributed by atoms with Gasteiger partial charge in [0.25, 0.3) is 0 Å². The third kappa shape index (κ3) is 6.20. The minimum atomic E-state index is -4.15. The lowest BCUT2D eigenvalue weighted by Crippen LogP contribution is -2.34. The fourth-order valence-electron chi connectivity index (χ4n) is 2.06. The van der Waals surface area contributed by atoms with Gasteiger partial charge < -0.3 is 10.4 Å². The first-order valence-corrected chi connectivity index (χ1v) is 6.07. The van der Waals surface area contributed by atoms with Crippen LogP contribution in [0.5, 0.6) is 0 Å². The number of carbonyl (C=O) groups excluding carboxylic acids is 1. The smallest absolute Gasteiger partial charge is 0.396 e. The van der Waals surface area contributed by atoms with Crippen LogP contribution in [-0.2, 0) is 4.79 Å². The summed E-state index contributed by atoms with van der Waals surface area (Å²) < 4.78 is 36.5. The van der Waals surface area contributed by atoms with E-state index in [2.05, 4.69) is 5.32 Å². The Balaban J connectivity index is 2.16. The van der Waals surface area contributed by atoms with Gasteiger partial charge >= 0.3 is 6.18 Å². The number of hydrogen-bond donors (Lipinski definition) is 2.